The number of hydrogen-bond acceptors (Lipinski definition) is 5. The Morgan fingerprint density at radius 1 is 0.367 bits per heavy atom. The molecule has 0 atom stereocenters. The molecule has 0 aromatic heterocycles. The van der Waals surface area contributed by atoms with Crippen LogP contribution in [0.1, 0.15) is 33.4 Å². The molecule has 0 bridgehead atoms. The van der Waals surface area contributed by atoms with Gasteiger partial charge in [-0.2, -0.15) is 0 Å². The molecular weight excluding hydrogens is 751 g/mol. The molecule has 8 aromatic carbocycles. The number of anilines is 9. The summed E-state index contributed by atoms with van der Waals surface area (Å²) in [4.78, 5) is 7.17. The van der Waals surface area contributed by atoms with Crippen LogP contribution >= 0.6 is 0 Å². The van der Waals surface area contributed by atoms with E-state index in [0.29, 0.717) is 0 Å². The molecule has 0 unspecified atom stereocenters. The molecule has 8 aromatic rings. The van der Waals surface area contributed by atoms with Gasteiger partial charge >= 0.3 is 0 Å². The van der Waals surface area contributed by atoms with E-state index in [-0.39, 0.29) is 0 Å². The van der Waals surface area contributed by atoms with Gasteiger partial charge in [-0.25, -0.2) is 0 Å². The maximum Gasteiger partial charge on any atom is 0.157 e. The summed E-state index contributed by atoms with van der Waals surface area (Å²) in [7, 11) is -2.31. The van der Waals surface area contributed by atoms with Crippen molar-refractivity contribution in [2.24, 2.45) is 0 Å². The van der Waals surface area contributed by atoms with Crippen LogP contribution in [0.15, 0.2) is 158 Å². The number of ether oxygens (including phenoxy) is 2. The Kier molecular flexibility index (Phi) is 8.29. The molecule has 0 aliphatic carbocycles. The van der Waals surface area contributed by atoms with Gasteiger partial charge in [-0.15, -0.1) is 0 Å². The molecule has 0 saturated carbocycles. The number of benzene rings is 8. The monoisotopic (exact) mass is 795 g/mol. The summed E-state index contributed by atoms with van der Waals surface area (Å²) in [5.41, 5.74) is 16.9. The predicted octanol–water partition coefficient (Wildman–Crippen LogP) is 12.7. The standard InChI is InChI=1S/C54H45N3O2Si/c1-33-7-17-39(18-8-33)55(40-19-9-34(2)10-20-40)44-27-29-46-52-50(44)58-48-31-38(6)32-49-54(48)60(52)53-47(57(46)43-25-15-37(5)16-26-43)30-28-45(51(53)59-49)56(41-21-11-35(3)12-22-41)42-23-13-36(4)14-24-42/h7-32,60H,1-6H3. The zero-order chi connectivity index (χ0) is 40.8. The van der Waals surface area contributed by atoms with Crippen molar-refractivity contribution in [2.75, 3.05) is 14.7 Å². The summed E-state index contributed by atoms with van der Waals surface area (Å²) in [5.74, 6) is 3.59. The van der Waals surface area contributed by atoms with Crippen LogP contribution in [0, 0.1) is 41.5 Å². The molecule has 0 spiro atoms. The Hall–Kier alpha value is -7.02. The first-order chi connectivity index (χ1) is 29.2. The smallest absolute Gasteiger partial charge is 0.157 e. The lowest BCUT2D eigenvalue weighted by Crippen LogP contribution is -2.62. The van der Waals surface area contributed by atoms with E-state index in [1.165, 1.54) is 43.4 Å². The van der Waals surface area contributed by atoms with E-state index in [1.54, 1.807) is 0 Å². The van der Waals surface area contributed by atoms with Gasteiger partial charge in [0.2, 0.25) is 0 Å². The summed E-state index contributed by atoms with van der Waals surface area (Å²) in [6, 6.07) is 57.8. The first-order valence-electron chi connectivity index (χ1n) is 20.8. The van der Waals surface area contributed by atoms with Crippen molar-refractivity contribution < 1.29 is 9.47 Å². The van der Waals surface area contributed by atoms with E-state index in [1.807, 2.05) is 0 Å². The normalized spacial score (nSPS) is 13.0. The zero-order valence-corrected chi connectivity index (χ0v) is 35.9. The Morgan fingerprint density at radius 3 is 1.05 bits per heavy atom. The van der Waals surface area contributed by atoms with E-state index in [9.17, 15) is 0 Å². The fourth-order valence-corrected chi connectivity index (χ4v) is 12.9. The van der Waals surface area contributed by atoms with Gasteiger partial charge in [0.25, 0.3) is 0 Å². The Balaban J connectivity index is 1.22. The quantitative estimate of drug-likeness (QED) is 0.150. The zero-order valence-electron chi connectivity index (χ0n) is 34.7. The maximum absolute atomic E-state index is 7.35. The third-order valence-corrected chi connectivity index (χ3v) is 15.7. The molecule has 0 amide bonds. The molecule has 6 heteroatoms. The van der Waals surface area contributed by atoms with Crippen molar-refractivity contribution in [3.8, 4) is 23.0 Å². The van der Waals surface area contributed by atoms with Gasteiger partial charge in [0.05, 0.1) is 11.4 Å². The third-order valence-electron chi connectivity index (χ3n) is 12.3. The van der Waals surface area contributed by atoms with E-state index >= 15 is 0 Å². The van der Waals surface area contributed by atoms with Crippen molar-refractivity contribution >= 4 is 75.5 Å². The van der Waals surface area contributed by atoms with Crippen LogP contribution in [-0.4, -0.2) is 8.80 Å². The van der Waals surface area contributed by atoms with Crippen LogP contribution in [0.3, 0.4) is 0 Å². The molecule has 11 rings (SSSR count). The minimum absolute atomic E-state index is 0.889. The second kappa shape index (κ2) is 13.8. The van der Waals surface area contributed by atoms with Gasteiger partial charge in [-0.1, -0.05) is 88.5 Å². The van der Waals surface area contributed by atoms with Crippen LogP contribution in [0.5, 0.6) is 23.0 Å². The molecule has 0 radical (unpaired) electrons. The summed E-state index contributed by atoms with van der Waals surface area (Å²) < 4.78 is 14.7. The van der Waals surface area contributed by atoms with Crippen molar-refractivity contribution in [1.82, 2.24) is 0 Å². The molecule has 60 heavy (non-hydrogen) atoms. The highest BCUT2D eigenvalue weighted by Crippen LogP contribution is 2.53. The molecule has 0 N–H and O–H groups in total. The van der Waals surface area contributed by atoms with Crippen LogP contribution in [0.4, 0.5) is 51.2 Å². The first kappa shape index (κ1) is 36.1. The minimum Gasteiger partial charge on any atom is -0.455 e. The van der Waals surface area contributed by atoms with Crippen LogP contribution < -0.4 is 39.7 Å². The van der Waals surface area contributed by atoms with Crippen molar-refractivity contribution in [1.29, 1.82) is 0 Å². The SMILES string of the molecule is Cc1ccc(N(c2ccc(C)cc2)c2ccc3c4c2Oc2cc(C)cc5c2[SiH]4c2c(ccc(N(c4ccc(C)cc4)c4ccc(C)cc4)c2O5)N3c2ccc(C)cc2)cc1. The number of nitrogens with zero attached hydrogens (tertiary/aromatic N) is 3. The Bertz CT molecular complexity index is 2710. The molecule has 5 nitrogen and oxygen atoms in total. The van der Waals surface area contributed by atoms with Gasteiger partial charge in [0.1, 0.15) is 11.5 Å². The minimum atomic E-state index is -2.31. The van der Waals surface area contributed by atoms with E-state index in [2.05, 4.69) is 214 Å². The summed E-state index contributed by atoms with van der Waals surface area (Å²) >= 11 is 0. The van der Waals surface area contributed by atoms with Gasteiger partial charge in [-0.3, -0.25) is 0 Å². The highest BCUT2D eigenvalue weighted by Gasteiger charge is 2.48. The predicted molar refractivity (Wildman–Crippen MR) is 252 cm³/mol. The van der Waals surface area contributed by atoms with Gasteiger partial charge in [0.15, 0.2) is 20.3 Å². The number of aryl methyl sites for hydroxylation is 6. The van der Waals surface area contributed by atoms with Gasteiger partial charge in [-0.05, 0) is 144 Å². The van der Waals surface area contributed by atoms with Crippen LogP contribution in [-0.2, 0) is 0 Å². The molecule has 0 saturated heterocycles. The molecule has 0 fully saturated rings. The molecule has 3 aliphatic heterocycles. The van der Waals surface area contributed by atoms with Crippen LogP contribution in [0.2, 0.25) is 0 Å². The summed E-state index contributed by atoms with van der Waals surface area (Å²) in [5, 5.41) is 3.73. The van der Waals surface area contributed by atoms with Gasteiger partial charge in [0, 0.05) is 55.4 Å². The van der Waals surface area contributed by atoms with E-state index < -0.39 is 8.80 Å². The topological polar surface area (TPSA) is 28.2 Å². The number of hydrogen-bond donors (Lipinski definition) is 0. The van der Waals surface area contributed by atoms with Gasteiger partial charge < -0.3 is 24.2 Å². The van der Waals surface area contributed by atoms with Crippen LogP contribution in [0.25, 0.3) is 0 Å². The molecule has 292 valence electrons. The van der Waals surface area contributed by atoms with E-state index in [0.717, 1.165) is 79.7 Å². The second-order valence-corrected chi connectivity index (χ2v) is 19.3. The summed E-state index contributed by atoms with van der Waals surface area (Å²) in [6.07, 6.45) is 0. The highest BCUT2D eigenvalue weighted by molar-refractivity contribution is 7.01. The number of rotatable bonds is 7. The maximum atomic E-state index is 7.35. The van der Waals surface area contributed by atoms with Crippen molar-refractivity contribution in [3.05, 3.63) is 191 Å². The third kappa shape index (κ3) is 5.74. The fraction of sp³-hybridized carbons (Fsp3) is 0.111. The Labute approximate surface area is 353 Å². The lowest BCUT2D eigenvalue weighted by atomic mass is 10.1. The lowest BCUT2D eigenvalue weighted by Gasteiger charge is -2.45. The second-order valence-electron chi connectivity index (χ2n) is 16.7. The first-order valence-corrected chi connectivity index (χ1v) is 22.5. The van der Waals surface area contributed by atoms with Crippen molar-refractivity contribution in [2.45, 2.75) is 41.5 Å². The molecule has 3 heterocycles. The molecular formula is C54H45N3O2Si. The largest absolute Gasteiger partial charge is 0.455 e. The fourth-order valence-electron chi connectivity index (χ4n) is 9.24. The molecule has 3 aliphatic rings. The lowest BCUT2D eigenvalue weighted by molar-refractivity contribution is 0.464. The van der Waals surface area contributed by atoms with E-state index in [4.69, 9.17) is 9.47 Å². The average Bonchev–Trinajstić information content (AvgIpc) is 3.25. The highest BCUT2D eigenvalue weighted by atomic mass is 28.3. The Morgan fingerprint density at radius 2 is 0.700 bits per heavy atom. The van der Waals surface area contributed by atoms with Crippen molar-refractivity contribution in [3.63, 3.8) is 0 Å². The summed E-state index contributed by atoms with van der Waals surface area (Å²) in [6.45, 7) is 12.8. The average molecular weight is 796 g/mol.